The summed E-state index contributed by atoms with van der Waals surface area (Å²) in [7, 11) is -3.96. The van der Waals surface area contributed by atoms with Crippen LogP contribution in [0.25, 0.3) is 6.08 Å². The molecule has 0 aliphatic heterocycles. The van der Waals surface area contributed by atoms with Crippen LogP contribution in [0.3, 0.4) is 0 Å². The number of carbonyl (C=O) groups is 1. The SMILES string of the molecule is O=C(O)c1cc(F)ccc1NS(=O)(=O)C=Cc1ccc(Cl)cc1. The van der Waals surface area contributed by atoms with Gasteiger partial charge in [-0.1, -0.05) is 23.7 Å². The lowest BCUT2D eigenvalue weighted by Gasteiger charge is -2.08. The zero-order valence-corrected chi connectivity index (χ0v) is 13.1. The third-order valence-corrected chi connectivity index (χ3v) is 4.02. The fourth-order valence-corrected chi connectivity index (χ4v) is 2.73. The molecule has 0 saturated carbocycles. The van der Waals surface area contributed by atoms with Crippen LogP contribution in [0.2, 0.25) is 5.02 Å². The molecular formula is C15H11ClFNO4S. The van der Waals surface area contributed by atoms with Crippen LogP contribution in [-0.4, -0.2) is 19.5 Å². The molecule has 0 saturated heterocycles. The van der Waals surface area contributed by atoms with Gasteiger partial charge in [0.25, 0.3) is 10.0 Å². The standard InChI is InChI=1S/C15H11ClFNO4S/c16-11-3-1-10(2-4-11)7-8-23(21,22)18-14-6-5-12(17)9-13(14)15(19)20/h1-9,18H,(H,19,20). The predicted molar refractivity (Wildman–Crippen MR) is 86.4 cm³/mol. The molecule has 0 heterocycles. The summed E-state index contributed by atoms with van der Waals surface area (Å²) in [6.07, 6.45) is 1.32. The van der Waals surface area contributed by atoms with Crippen LogP contribution >= 0.6 is 11.6 Å². The van der Waals surface area contributed by atoms with Crippen molar-refractivity contribution in [2.24, 2.45) is 0 Å². The van der Waals surface area contributed by atoms with E-state index in [0.29, 0.717) is 10.6 Å². The summed E-state index contributed by atoms with van der Waals surface area (Å²) in [4.78, 5) is 11.0. The first kappa shape index (κ1) is 17.0. The van der Waals surface area contributed by atoms with Crippen molar-refractivity contribution in [3.63, 3.8) is 0 Å². The predicted octanol–water partition coefficient (Wildman–Crippen LogP) is 3.59. The second-order valence-electron chi connectivity index (χ2n) is 4.50. The van der Waals surface area contributed by atoms with Crippen LogP contribution in [0.1, 0.15) is 15.9 Å². The van der Waals surface area contributed by atoms with Gasteiger partial charge in [0, 0.05) is 5.02 Å². The van der Waals surface area contributed by atoms with Gasteiger partial charge < -0.3 is 5.11 Å². The van der Waals surface area contributed by atoms with Crippen molar-refractivity contribution in [3.8, 4) is 0 Å². The summed E-state index contributed by atoms with van der Waals surface area (Å²) < 4.78 is 39.1. The van der Waals surface area contributed by atoms with Crippen molar-refractivity contribution < 1.29 is 22.7 Å². The number of nitrogens with one attached hydrogen (secondary N) is 1. The minimum Gasteiger partial charge on any atom is -0.478 e. The molecule has 0 unspecified atom stereocenters. The average molecular weight is 356 g/mol. The zero-order valence-electron chi connectivity index (χ0n) is 11.5. The molecule has 0 radical (unpaired) electrons. The molecule has 0 aliphatic carbocycles. The number of aromatic carboxylic acids is 1. The fraction of sp³-hybridized carbons (Fsp3) is 0. The number of anilines is 1. The summed E-state index contributed by atoms with van der Waals surface area (Å²) in [5, 5.41) is 10.4. The van der Waals surface area contributed by atoms with E-state index >= 15 is 0 Å². The van der Waals surface area contributed by atoms with Gasteiger partial charge in [-0.3, -0.25) is 4.72 Å². The third kappa shape index (κ3) is 4.80. The Balaban J connectivity index is 2.25. The Morgan fingerprint density at radius 1 is 1.17 bits per heavy atom. The number of carboxylic acid groups (broad SMARTS) is 1. The first-order valence-corrected chi connectivity index (χ1v) is 8.18. The molecule has 2 aromatic carbocycles. The number of hydrogen-bond acceptors (Lipinski definition) is 3. The van der Waals surface area contributed by atoms with E-state index in [2.05, 4.69) is 4.72 Å². The lowest BCUT2D eigenvalue weighted by atomic mass is 10.2. The summed E-state index contributed by atoms with van der Waals surface area (Å²) in [5.74, 6) is -2.22. The molecule has 23 heavy (non-hydrogen) atoms. The molecule has 2 N–H and O–H groups in total. The van der Waals surface area contributed by atoms with E-state index in [9.17, 15) is 17.6 Å². The number of benzene rings is 2. The topological polar surface area (TPSA) is 83.5 Å². The highest BCUT2D eigenvalue weighted by Crippen LogP contribution is 2.19. The normalized spacial score (nSPS) is 11.6. The van der Waals surface area contributed by atoms with E-state index in [-0.39, 0.29) is 5.69 Å². The van der Waals surface area contributed by atoms with E-state index in [1.165, 1.54) is 6.08 Å². The van der Waals surface area contributed by atoms with Crippen molar-refractivity contribution in [2.45, 2.75) is 0 Å². The molecule has 5 nitrogen and oxygen atoms in total. The van der Waals surface area contributed by atoms with Gasteiger partial charge in [-0.25, -0.2) is 17.6 Å². The Morgan fingerprint density at radius 3 is 2.43 bits per heavy atom. The van der Waals surface area contributed by atoms with Gasteiger partial charge in [0.05, 0.1) is 16.7 Å². The van der Waals surface area contributed by atoms with Gasteiger partial charge in [0.1, 0.15) is 5.82 Å². The van der Waals surface area contributed by atoms with Gasteiger partial charge in [-0.2, -0.15) is 0 Å². The highest BCUT2D eigenvalue weighted by atomic mass is 35.5. The lowest BCUT2D eigenvalue weighted by Crippen LogP contribution is -2.12. The molecule has 0 bridgehead atoms. The Kier molecular flexibility index (Phi) is 5.02. The van der Waals surface area contributed by atoms with Crippen molar-refractivity contribution in [2.75, 3.05) is 4.72 Å². The van der Waals surface area contributed by atoms with Crippen LogP contribution in [0.5, 0.6) is 0 Å². The van der Waals surface area contributed by atoms with E-state index in [1.807, 2.05) is 0 Å². The van der Waals surface area contributed by atoms with E-state index in [1.54, 1.807) is 24.3 Å². The molecule has 0 amide bonds. The Bertz CT molecular complexity index is 864. The summed E-state index contributed by atoms with van der Waals surface area (Å²) in [6.45, 7) is 0. The maximum atomic E-state index is 13.1. The second-order valence-corrected chi connectivity index (χ2v) is 6.50. The zero-order chi connectivity index (χ0) is 17.0. The molecule has 0 fully saturated rings. The molecule has 0 atom stereocenters. The lowest BCUT2D eigenvalue weighted by molar-refractivity contribution is 0.0697. The van der Waals surface area contributed by atoms with Crippen LogP contribution < -0.4 is 4.72 Å². The Hall–Kier alpha value is -2.38. The van der Waals surface area contributed by atoms with E-state index in [4.69, 9.17) is 16.7 Å². The van der Waals surface area contributed by atoms with Gasteiger partial charge in [-0.05, 0) is 42.0 Å². The van der Waals surface area contributed by atoms with Crippen LogP contribution in [0, 0.1) is 5.82 Å². The van der Waals surface area contributed by atoms with Crippen LogP contribution in [-0.2, 0) is 10.0 Å². The molecule has 8 heteroatoms. The summed E-state index contributed by atoms with van der Waals surface area (Å²) in [5.41, 5.74) is -0.106. The monoisotopic (exact) mass is 355 g/mol. The number of sulfonamides is 1. The quantitative estimate of drug-likeness (QED) is 0.858. The molecular weight excluding hydrogens is 345 g/mol. The highest BCUT2D eigenvalue weighted by Gasteiger charge is 2.15. The minimum atomic E-state index is -3.96. The van der Waals surface area contributed by atoms with Crippen LogP contribution in [0.4, 0.5) is 10.1 Å². The fourth-order valence-electron chi connectivity index (χ4n) is 1.71. The molecule has 2 rings (SSSR count). The van der Waals surface area contributed by atoms with Crippen molar-refractivity contribution in [1.82, 2.24) is 0 Å². The number of halogens is 2. The largest absolute Gasteiger partial charge is 0.478 e. The number of rotatable bonds is 5. The van der Waals surface area contributed by atoms with Crippen molar-refractivity contribution >= 4 is 39.4 Å². The Labute approximate surface area is 137 Å². The van der Waals surface area contributed by atoms with Crippen molar-refractivity contribution in [3.05, 3.63) is 69.8 Å². The molecule has 120 valence electrons. The second kappa shape index (κ2) is 6.80. The van der Waals surface area contributed by atoms with Crippen molar-refractivity contribution in [1.29, 1.82) is 0 Å². The summed E-state index contributed by atoms with van der Waals surface area (Å²) >= 11 is 5.73. The Morgan fingerprint density at radius 2 is 1.83 bits per heavy atom. The van der Waals surface area contributed by atoms with Gasteiger partial charge in [0.2, 0.25) is 0 Å². The first-order valence-electron chi connectivity index (χ1n) is 6.26. The average Bonchev–Trinajstić information content (AvgIpc) is 2.48. The van der Waals surface area contributed by atoms with Crippen LogP contribution in [0.15, 0.2) is 47.9 Å². The maximum absolute atomic E-state index is 13.1. The van der Waals surface area contributed by atoms with Gasteiger partial charge in [0.15, 0.2) is 0 Å². The smallest absolute Gasteiger partial charge is 0.337 e. The molecule has 0 aromatic heterocycles. The summed E-state index contributed by atoms with van der Waals surface area (Å²) in [6, 6.07) is 9.19. The molecule has 0 spiro atoms. The maximum Gasteiger partial charge on any atom is 0.337 e. The molecule has 0 aliphatic rings. The first-order chi connectivity index (χ1) is 10.8. The van der Waals surface area contributed by atoms with Gasteiger partial charge >= 0.3 is 5.97 Å². The van der Waals surface area contributed by atoms with Gasteiger partial charge in [-0.15, -0.1) is 0 Å². The minimum absolute atomic E-state index is 0.223. The third-order valence-electron chi connectivity index (χ3n) is 2.77. The highest BCUT2D eigenvalue weighted by molar-refractivity contribution is 7.95. The molecule has 2 aromatic rings. The number of carboxylic acids is 1. The number of hydrogen-bond donors (Lipinski definition) is 2. The van der Waals surface area contributed by atoms with E-state index in [0.717, 1.165) is 23.6 Å². The van der Waals surface area contributed by atoms with E-state index < -0.39 is 27.4 Å².